The topological polar surface area (TPSA) is 0 Å². The number of rotatable bonds is 3. The van der Waals surface area contributed by atoms with Crippen LogP contribution in [0.5, 0.6) is 0 Å². The molecule has 0 spiro atoms. The van der Waals surface area contributed by atoms with Gasteiger partial charge in [0.1, 0.15) is 0 Å². The van der Waals surface area contributed by atoms with Gasteiger partial charge in [-0.2, -0.15) is 0 Å². The maximum Gasteiger partial charge on any atom is -0.0184 e. The molecule has 0 saturated carbocycles. The second kappa shape index (κ2) is 51.2. The molecule has 0 aliphatic rings. The lowest BCUT2D eigenvalue weighted by molar-refractivity contribution is 1.50. The van der Waals surface area contributed by atoms with Crippen molar-refractivity contribution in [2.24, 2.45) is 0 Å². The summed E-state index contributed by atoms with van der Waals surface area (Å²) in [6.45, 7) is 32.0. The smallest absolute Gasteiger partial charge is 0.0184 e. The Bertz CT molecular complexity index is 1740. The second-order valence-corrected chi connectivity index (χ2v) is 10.5. The zero-order valence-electron chi connectivity index (χ0n) is 41.9. The molecule has 0 N–H and O–H groups in total. The first-order valence-corrected chi connectivity index (χ1v) is 23.6. The van der Waals surface area contributed by atoms with Gasteiger partial charge in [-0.1, -0.05) is 341 Å². The van der Waals surface area contributed by atoms with Crippen LogP contribution in [0.25, 0.3) is 44.2 Å². The molecule has 0 atom stereocenters. The zero-order chi connectivity index (χ0) is 47.5. The molecule has 0 aliphatic carbocycles. The van der Waals surface area contributed by atoms with Crippen LogP contribution >= 0.6 is 0 Å². The Morgan fingerprint density at radius 2 is 0.242 bits per heavy atom. The second-order valence-electron chi connectivity index (χ2n) is 10.5. The third kappa shape index (κ3) is 29.3. The molecule has 0 radical (unpaired) electrons. The first-order valence-electron chi connectivity index (χ1n) is 23.6. The van der Waals surface area contributed by atoms with Crippen molar-refractivity contribution in [3.05, 3.63) is 231 Å². The van der Waals surface area contributed by atoms with E-state index in [1.807, 2.05) is 171 Å². The van der Waals surface area contributed by atoms with Crippen molar-refractivity contribution in [3.63, 3.8) is 0 Å². The summed E-state index contributed by atoms with van der Waals surface area (Å²) in [7, 11) is 0. The van der Waals surface area contributed by atoms with E-state index in [0.717, 1.165) is 0 Å². The van der Waals surface area contributed by atoms with E-state index < -0.39 is 0 Å². The van der Waals surface area contributed by atoms with Gasteiger partial charge >= 0.3 is 0 Å². The summed E-state index contributed by atoms with van der Waals surface area (Å²) in [5.74, 6) is 0. The van der Waals surface area contributed by atoms with E-state index in [2.05, 4.69) is 170 Å². The Labute approximate surface area is 383 Å². The molecule has 334 valence electrons. The van der Waals surface area contributed by atoms with Gasteiger partial charge in [0.05, 0.1) is 0 Å². The molecule has 0 fully saturated rings. The monoisotopic (exact) mass is 831 g/mol. The molecule has 0 saturated heterocycles. The molecule has 0 aromatic heterocycles. The van der Waals surface area contributed by atoms with E-state index in [-0.39, 0.29) is 0 Å². The molecular formula is C62H86. The minimum Gasteiger partial charge on any atom is -0.0683 e. The summed E-state index contributed by atoms with van der Waals surface area (Å²) in [4.78, 5) is 0. The minimum atomic E-state index is 1.26. The van der Waals surface area contributed by atoms with Gasteiger partial charge in [0.15, 0.2) is 0 Å². The third-order valence-electron chi connectivity index (χ3n) is 7.31. The average molecular weight is 831 g/mol. The fraction of sp³-hybridized carbons (Fsp3) is 0.258. The quantitative estimate of drug-likeness (QED) is 0.166. The van der Waals surface area contributed by atoms with Crippen LogP contribution < -0.4 is 0 Å². The van der Waals surface area contributed by atoms with Crippen molar-refractivity contribution in [3.8, 4) is 33.4 Å². The van der Waals surface area contributed by atoms with Crippen LogP contribution in [0.3, 0.4) is 0 Å². The number of hydrogen-bond donors (Lipinski definition) is 0. The lowest BCUT2D eigenvalue weighted by Crippen LogP contribution is -1.79. The van der Waals surface area contributed by atoms with E-state index in [0.29, 0.717) is 0 Å². The highest BCUT2D eigenvalue weighted by atomic mass is 14.0. The molecule has 0 heteroatoms. The van der Waals surface area contributed by atoms with Crippen LogP contribution in [0.4, 0.5) is 0 Å². The summed E-state index contributed by atoms with van der Waals surface area (Å²) < 4.78 is 0. The van der Waals surface area contributed by atoms with E-state index in [1.54, 1.807) is 0 Å². The van der Waals surface area contributed by atoms with Gasteiger partial charge in [0, 0.05) is 0 Å². The molecule has 0 amide bonds. The Morgan fingerprint density at radius 3 is 0.403 bits per heavy atom. The molecule has 0 aliphatic heterocycles. The maximum atomic E-state index is 2.18. The Hall–Kier alpha value is -5.98. The highest BCUT2D eigenvalue weighted by Gasteiger charge is 1.99. The minimum absolute atomic E-state index is 1.26. The average Bonchev–Trinajstić information content (AvgIpc) is 3.43. The van der Waals surface area contributed by atoms with Crippen molar-refractivity contribution < 1.29 is 0 Å². The fourth-order valence-electron chi connectivity index (χ4n) is 4.90. The Morgan fingerprint density at radius 1 is 0.129 bits per heavy atom. The Balaban J connectivity index is -0.000000338. The van der Waals surface area contributed by atoms with Crippen molar-refractivity contribution in [1.82, 2.24) is 0 Å². The predicted octanol–water partition coefficient (Wildman–Crippen LogP) is 21.1. The molecule has 8 aromatic carbocycles. The normalized spacial score (nSPS) is 8.00. The van der Waals surface area contributed by atoms with E-state index in [4.69, 9.17) is 0 Å². The standard InChI is InChI=1S/C18H14.C12H10.C10H8.C6H6.8C2H6/c1-3-7-15(8-4-1)17-11-13-18(14-12-17)16-9-5-2-6-10-16;1-3-7-11(8-4-1)12-9-5-2-6-10-12;1-2-6-10-8-4-3-7-9(10)5-1;1-2-4-6-5-3-1;8*1-2/h1-14H;1-10H;1-8H;1-6H;8*1-2H3. The molecule has 0 bridgehead atoms. The van der Waals surface area contributed by atoms with Crippen LogP contribution in [-0.2, 0) is 0 Å². The molecule has 0 nitrogen and oxygen atoms in total. The van der Waals surface area contributed by atoms with Gasteiger partial charge in [-0.15, -0.1) is 0 Å². The third-order valence-corrected chi connectivity index (χ3v) is 7.31. The van der Waals surface area contributed by atoms with E-state index in [9.17, 15) is 0 Å². The van der Waals surface area contributed by atoms with Crippen LogP contribution in [-0.4, -0.2) is 0 Å². The van der Waals surface area contributed by atoms with Gasteiger partial charge in [-0.25, -0.2) is 0 Å². The van der Waals surface area contributed by atoms with Crippen LogP contribution in [0, 0.1) is 0 Å². The molecule has 0 heterocycles. The van der Waals surface area contributed by atoms with Crippen molar-refractivity contribution in [2.75, 3.05) is 0 Å². The highest BCUT2D eigenvalue weighted by molar-refractivity contribution is 5.82. The first kappa shape index (κ1) is 62.7. The first-order chi connectivity index (χ1) is 30.9. The summed E-state index contributed by atoms with van der Waals surface area (Å²) in [6, 6.07) is 79.1. The summed E-state index contributed by atoms with van der Waals surface area (Å²) >= 11 is 0. The molecule has 62 heavy (non-hydrogen) atoms. The lowest BCUT2D eigenvalue weighted by Gasteiger charge is -2.04. The van der Waals surface area contributed by atoms with Gasteiger partial charge in [-0.05, 0) is 44.2 Å². The molecule has 0 unspecified atom stereocenters. The van der Waals surface area contributed by atoms with E-state index in [1.165, 1.54) is 44.2 Å². The summed E-state index contributed by atoms with van der Waals surface area (Å²) in [6.07, 6.45) is 0. The van der Waals surface area contributed by atoms with Crippen LogP contribution in [0.1, 0.15) is 111 Å². The largest absolute Gasteiger partial charge is 0.0683 e. The van der Waals surface area contributed by atoms with Crippen molar-refractivity contribution in [2.45, 2.75) is 111 Å². The van der Waals surface area contributed by atoms with Gasteiger partial charge < -0.3 is 0 Å². The SMILES string of the molecule is CC.CC.CC.CC.CC.CC.CC.CC.c1ccc(-c2ccc(-c3ccccc3)cc2)cc1.c1ccc(-c2ccccc2)cc1.c1ccc2ccccc2c1.c1ccccc1. The molecule has 8 rings (SSSR count). The fourth-order valence-corrected chi connectivity index (χ4v) is 4.90. The van der Waals surface area contributed by atoms with Gasteiger partial charge in [0.2, 0.25) is 0 Å². The lowest BCUT2D eigenvalue weighted by atomic mass is 10.0. The molecule has 8 aromatic rings. The summed E-state index contributed by atoms with van der Waals surface area (Å²) in [5.41, 5.74) is 7.59. The van der Waals surface area contributed by atoms with Crippen LogP contribution in [0.15, 0.2) is 231 Å². The highest BCUT2D eigenvalue weighted by Crippen LogP contribution is 2.24. The maximum absolute atomic E-state index is 2.18. The van der Waals surface area contributed by atoms with Crippen LogP contribution in [0.2, 0.25) is 0 Å². The van der Waals surface area contributed by atoms with E-state index >= 15 is 0 Å². The van der Waals surface area contributed by atoms with Gasteiger partial charge in [0.25, 0.3) is 0 Å². The number of benzene rings is 8. The molecular weight excluding hydrogens is 745 g/mol. The number of hydrogen-bond acceptors (Lipinski definition) is 0. The van der Waals surface area contributed by atoms with Crippen molar-refractivity contribution >= 4 is 10.8 Å². The predicted molar refractivity (Wildman–Crippen MR) is 290 cm³/mol. The number of fused-ring (bicyclic) bond motifs is 1. The Kier molecular flexibility index (Phi) is 51.7. The van der Waals surface area contributed by atoms with Crippen molar-refractivity contribution in [1.29, 1.82) is 0 Å². The zero-order valence-corrected chi connectivity index (χ0v) is 41.9. The van der Waals surface area contributed by atoms with Gasteiger partial charge in [-0.3, -0.25) is 0 Å². The summed E-state index contributed by atoms with van der Waals surface area (Å²) in [5, 5.41) is 2.62.